The van der Waals surface area contributed by atoms with Crippen LogP contribution in [0.5, 0.6) is 0 Å². The maximum atomic E-state index is 2.46. The normalized spacial score (nSPS) is 12.0. The fourth-order valence-corrected chi connectivity index (χ4v) is 11.9. The lowest BCUT2D eigenvalue weighted by atomic mass is 10.0. The van der Waals surface area contributed by atoms with Gasteiger partial charge in [-0.25, -0.2) is 0 Å². The second-order valence-corrected chi connectivity index (χ2v) is 17.9. The summed E-state index contributed by atoms with van der Waals surface area (Å²) in [7, 11) is -0.665. The molecule has 0 unspecified atom stereocenters. The van der Waals surface area contributed by atoms with Crippen LogP contribution in [0.1, 0.15) is 220 Å². The Morgan fingerprint density at radius 1 is 0.205 bits per heavy atom. The Kier molecular flexibility index (Phi) is 33.3. The first-order valence-electron chi connectivity index (χ1n) is 19.1. The van der Waals surface area contributed by atoms with Crippen LogP contribution in [0.25, 0.3) is 0 Å². The molecule has 0 fully saturated rings. The Balaban J connectivity index is 3.78. The van der Waals surface area contributed by atoms with Crippen molar-refractivity contribution in [2.24, 2.45) is 0 Å². The van der Waals surface area contributed by atoms with E-state index in [1.165, 1.54) is 180 Å². The van der Waals surface area contributed by atoms with E-state index in [2.05, 4.69) is 27.7 Å². The summed E-state index contributed by atoms with van der Waals surface area (Å²) < 4.78 is 0. The molecule has 0 aromatic rings. The zero-order chi connectivity index (χ0) is 28.5. The largest absolute Gasteiger partial charge is 0.0654 e. The number of rotatable bonds is 34. The maximum absolute atomic E-state index is 2.46. The number of hydrogen-bond acceptors (Lipinski definition) is 0. The molecule has 0 saturated heterocycles. The molecular weight excluding hydrogens is 487 g/mol. The minimum atomic E-state index is -0.665. The van der Waals surface area contributed by atoms with E-state index < -0.39 is 7.26 Å². The molecule has 0 rings (SSSR count). The third kappa shape index (κ3) is 28.3. The quantitative estimate of drug-likeness (QED) is 0.0536. The maximum Gasteiger partial charge on any atom is 0.0594 e. The minimum Gasteiger partial charge on any atom is -0.0654 e. The Bertz CT molecular complexity index is 390. The molecule has 0 bridgehead atoms. The summed E-state index contributed by atoms with van der Waals surface area (Å²) in [5.41, 5.74) is 0. The molecule has 0 N–H and O–H groups in total. The highest BCUT2D eigenvalue weighted by atomic mass is 31.2. The molecule has 0 aliphatic heterocycles. The van der Waals surface area contributed by atoms with E-state index >= 15 is 0 Å². The van der Waals surface area contributed by atoms with Crippen LogP contribution in [-0.2, 0) is 0 Å². The summed E-state index contributed by atoms with van der Waals surface area (Å²) in [5, 5.41) is 0. The average Bonchev–Trinajstić information content (AvgIpc) is 2.93. The molecule has 0 aromatic heterocycles. The van der Waals surface area contributed by atoms with E-state index in [0.717, 1.165) is 0 Å². The van der Waals surface area contributed by atoms with Gasteiger partial charge in [-0.05, 0) is 38.5 Å². The topological polar surface area (TPSA) is 0 Å². The standard InChI is InChI=1S/C38H80P/c1-5-9-11-13-15-17-19-21-23-25-27-29-31-33-37-39(35-7-3,36-8-4)38-34-32-30-28-26-24-22-20-18-16-14-12-10-6-2/h5-38H2,1-4H3/q+1. The Morgan fingerprint density at radius 2 is 0.410 bits per heavy atom. The van der Waals surface area contributed by atoms with Gasteiger partial charge in [0.2, 0.25) is 0 Å². The van der Waals surface area contributed by atoms with E-state index in [9.17, 15) is 0 Å². The molecule has 0 saturated carbocycles. The van der Waals surface area contributed by atoms with Crippen molar-refractivity contribution in [3.05, 3.63) is 0 Å². The van der Waals surface area contributed by atoms with Crippen LogP contribution in [0.4, 0.5) is 0 Å². The van der Waals surface area contributed by atoms with E-state index in [0.29, 0.717) is 0 Å². The molecule has 0 heterocycles. The predicted octanol–water partition coefficient (Wildman–Crippen LogP) is 14.8. The van der Waals surface area contributed by atoms with E-state index in [4.69, 9.17) is 0 Å². The molecule has 0 aliphatic rings. The zero-order valence-corrected chi connectivity index (χ0v) is 29.4. The van der Waals surface area contributed by atoms with Crippen molar-refractivity contribution >= 4 is 7.26 Å². The fourth-order valence-electron chi connectivity index (χ4n) is 6.90. The highest BCUT2D eigenvalue weighted by molar-refractivity contribution is 7.75. The van der Waals surface area contributed by atoms with Crippen LogP contribution in [0.15, 0.2) is 0 Å². The first kappa shape index (κ1) is 39.4. The van der Waals surface area contributed by atoms with Gasteiger partial charge in [-0.1, -0.05) is 182 Å². The van der Waals surface area contributed by atoms with Gasteiger partial charge in [-0.2, -0.15) is 0 Å². The lowest BCUT2D eigenvalue weighted by Crippen LogP contribution is -2.12. The summed E-state index contributed by atoms with van der Waals surface area (Å²) in [6, 6.07) is 0. The highest BCUT2D eigenvalue weighted by Crippen LogP contribution is 2.61. The Morgan fingerprint density at radius 3 is 0.615 bits per heavy atom. The zero-order valence-electron chi connectivity index (χ0n) is 28.5. The first-order valence-corrected chi connectivity index (χ1v) is 21.6. The van der Waals surface area contributed by atoms with Gasteiger partial charge in [-0.15, -0.1) is 0 Å². The van der Waals surface area contributed by atoms with Crippen LogP contribution in [-0.4, -0.2) is 24.6 Å². The van der Waals surface area contributed by atoms with Crippen LogP contribution in [0, 0.1) is 0 Å². The molecule has 0 atom stereocenters. The van der Waals surface area contributed by atoms with Crippen molar-refractivity contribution in [2.45, 2.75) is 220 Å². The van der Waals surface area contributed by atoms with Gasteiger partial charge in [0.1, 0.15) is 0 Å². The van der Waals surface area contributed by atoms with Crippen molar-refractivity contribution in [2.75, 3.05) is 24.6 Å². The monoisotopic (exact) mass is 568 g/mol. The SMILES string of the molecule is CCCCCCCCCCCCCCCC[P+](CCC)(CCC)CCCCCCCCCCCCCCCC. The summed E-state index contributed by atoms with van der Waals surface area (Å²) >= 11 is 0. The highest BCUT2D eigenvalue weighted by Gasteiger charge is 2.33. The van der Waals surface area contributed by atoms with Crippen LogP contribution >= 0.6 is 7.26 Å². The molecule has 0 aromatic carbocycles. The Labute approximate surface area is 251 Å². The van der Waals surface area contributed by atoms with E-state index in [-0.39, 0.29) is 0 Å². The predicted molar refractivity (Wildman–Crippen MR) is 188 cm³/mol. The lowest BCUT2D eigenvalue weighted by Gasteiger charge is -2.27. The van der Waals surface area contributed by atoms with Gasteiger partial charge in [-0.3, -0.25) is 0 Å². The van der Waals surface area contributed by atoms with Crippen molar-refractivity contribution in [3.63, 3.8) is 0 Å². The van der Waals surface area contributed by atoms with Gasteiger partial charge in [0.15, 0.2) is 0 Å². The molecule has 0 amide bonds. The second-order valence-electron chi connectivity index (χ2n) is 13.4. The molecule has 0 spiro atoms. The average molecular weight is 568 g/mol. The fraction of sp³-hybridized carbons (Fsp3) is 1.00. The van der Waals surface area contributed by atoms with Crippen LogP contribution < -0.4 is 0 Å². The first-order chi connectivity index (χ1) is 19.2. The van der Waals surface area contributed by atoms with Gasteiger partial charge >= 0.3 is 0 Å². The number of unbranched alkanes of at least 4 members (excludes halogenated alkanes) is 26. The lowest BCUT2D eigenvalue weighted by molar-refractivity contribution is 0.537. The Hall–Kier alpha value is 0.430. The van der Waals surface area contributed by atoms with Crippen LogP contribution in [0.2, 0.25) is 0 Å². The molecule has 0 aliphatic carbocycles. The van der Waals surface area contributed by atoms with Gasteiger partial charge < -0.3 is 0 Å². The van der Waals surface area contributed by atoms with E-state index in [1.807, 2.05) is 0 Å². The van der Waals surface area contributed by atoms with Gasteiger partial charge in [0.25, 0.3) is 0 Å². The van der Waals surface area contributed by atoms with E-state index in [1.54, 1.807) is 37.5 Å². The second kappa shape index (κ2) is 32.9. The van der Waals surface area contributed by atoms with Crippen LogP contribution in [0.3, 0.4) is 0 Å². The van der Waals surface area contributed by atoms with Crippen molar-refractivity contribution in [1.82, 2.24) is 0 Å². The third-order valence-corrected chi connectivity index (χ3v) is 14.7. The third-order valence-electron chi connectivity index (χ3n) is 9.37. The summed E-state index contributed by atoms with van der Waals surface area (Å²) in [4.78, 5) is 0. The minimum absolute atomic E-state index is 0.665. The summed E-state index contributed by atoms with van der Waals surface area (Å²) in [5.74, 6) is 0. The van der Waals surface area contributed by atoms with Gasteiger partial charge in [0.05, 0.1) is 24.6 Å². The number of hydrogen-bond donors (Lipinski definition) is 0. The molecular formula is C38H80P+. The molecule has 0 radical (unpaired) electrons. The van der Waals surface area contributed by atoms with Crippen molar-refractivity contribution in [1.29, 1.82) is 0 Å². The molecule has 1 heteroatoms. The molecule has 236 valence electrons. The summed E-state index contributed by atoms with van der Waals surface area (Å²) in [6.07, 6.45) is 50.9. The van der Waals surface area contributed by atoms with Crippen molar-refractivity contribution in [3.8, 4) is 0 Å². The smallest absolute Gasteiger partial charge is 0.0594 e. The molecule has 39 heavy (non-hydrogen) atoms. The van der Waals surface area contributed by atoms with Crippen molar-refractivity contribution < 1.29 is 0 Å². The molecule has 0 nitrogen and oxygen atoms in total. The summed E-state index contributed by atoms with van der Waals surface area (Å²) in [6.45, 7) is 9.55. The van der Waals surface area contributed by atoms with Gasteiger partial charge in [0, 0.05) is 7.26 Å².